The Kier molecular flexibility index (Phi) is 2.76. The number of fused-ring (bicyclic) bond motifs is 2. The van der Waals surface area contributed by atoms with Crippen molar-refractivity contribution in [3.8, 4) is 6.07 Å². The van der Waals surface area contributed by atoms with E-state index in [2.05, 4.69) is 26.5 Å². The topological polar surface area (TPSA) is 108 Å². The van der Waals surface area contributed by atoms with E-state index in [0.717, 1.165) is 41.8 Å². The number of aromatic amines is 1. The highest BCUT2D eigenvalue weighted by Gasteiger charge is 2.21. The van der Waals surface area contributed by atoms with Crippen LogP contribution in [0.15, 0.2) is 24.5 Å². The first-order valence-corrected chi connectivity index (χ1v) is 7.19. The largest absolute Gasteiger partial charge is 0.396 e. The normalized spacial score (nSPS) is 17.1. The summed E-state index contributed by atoms with van der Waals surface area (Å²) in [4.78, 5) is 7.36. The second-order valence-corrected chi connectivity index (χ2v) is 5.52. The number of nitriles is 1. The minimum Gasteiger partial charge on any atom is -0.396 e. The molecule has 1 atom stereocenters. The molecule has 3 aromatic rings. The van der Waals surface area contributed by atoms with Gasteiger partial charge in [0.15, 0.2) is 5.69 Å². The fourth-order valence-corrected chi connectivity index (χ4v) is 3.00. The van der Waals surface area contributed by atoms with Crippen molar-refractivity contribution >= 4 is 22.4 Å². The van der Waals surface area contributed by atoms with Gasteiger partial charge in [-0.2, -0.15) is 10.4 Å². The van der Waals surface area contributed by atoms with Crippen molar-refractivity contribution < 1.29 is 0 Å². The lowest BCUT2D eigenvalue weighted by atomic mass is 10.0. The molecule has 1 aliphatic heterocycles. The van der Waals surface area contributed by atoms with Crippen LogP contribution in [-0.4, -0.2) is 25.8 Å². The third-order valence-corrected chi connectivity index (χ3v) is 4.08. The van der Waals surface area contributed by atoms with Crippen LogP contribution < -0.4 is 11.1 Å². The van der Waals surface area contributed by atoms with Crippen molar-refractivity contribution in [1.82, 2.24) is 19.7 Å². The van der Waals surface area contributed by atoms with Gasteiger partial charge in [-0.05, 0) is 25.0 Å². The van der Waals surface area contributed by atoms with Crippen LogP contribution in [0.3, 0.4) is 0 Å². The summed E-state index contributed by atoms with van der Waals surface area (Å²) < 4.78 is 1.91. The van der Waals surface area contributed by atoms with Crippen LogP contribution in [-0.2, 0) is 13.0 Å². The molecule has 0 fully saturated rings. The van der Waals surface area contributed by atoms with Crippen LogP contribution in [0.4, 0.5) is 11.4 Å². The summed E-state index contributed by atoms with van der Waals surface area (Å²) in [6, 6.07) is 6.15. The molecule has 0 bridgehead atoms. The van der Waals surface area contributed by atoms with Crippen molar-refractivity contribution in [2.75, 3.05) is 11.1 Å². The van der Waals surface area contributed by atoms with E-state index in [1.54, 1.807) is 6.20 Å². The molecule has 0 radical (unpaired) electrons. The maximum atomic E-state index is 8.95. The van der Waals surface area contributed by atoms with Crippen LogP contribution in [0.25, 0.3) is 11.0 Å². The Morgan fingerprint density at radius 1 is 1.50 bits per heavy atom. The molecule has 0 unspecified atom stereocenters. The summed E-state index contributed by atoms with van der Waals surface area (Å²) in [5, 5.41) is 17.8. The van der Waals surface area contributed by atoms with Gasteiger partial charge in [-0.1, -0.05) is 0 Å². The van der Waals surface area contributed by atoms with Crippen LogP contribution in [0, 0.1) is 11.3 Å². The van der Waals surface area contributed by atoms with E-state index >= 15 is 0 Å². The van der Waals surface area contributed by atoms with Crippen molar-refractivity contribution in [3.05, 3.63) is 35.9 Å². The predicted octanol–water partition coefficient (Wildman–Crippen LogP) is 1.64. The molecule has 0 saturated heterocycles. The van der Waals surface area contributed by atoms with Crippen LogP contribution in [0.2, 0.25) is 0 Å². The molecule has 1 aliphatic rings. The zero-order valence-corrected chi connectivity index (χ0v) is 11.9. The highest BCUT2D eigenvalue weighted by Crippen LogP contribution is 2.29. The first kappa shape index (κ1) is 12.7. The van der Waals surface area contributed by atoms with E-state index in [-0.39, 0.29) is 6.04 Å². The fourth-order valence-electron chi connectivity index (χ4n) is 3.00. The number of nitrogens with zero attached hydrogens (tertiary/aromatic N) is 4. The van der Waals surface area contributed by atoms with Crippen molar-refractivity contribution in [3.63, 3.8) is 0 Å². The predicted molar refractivity (Wildman–Crippen MR) is 83.2 cm³/mol. The third-order valence-electron chi connectivity index (χ3n) is 4.08. The number of nitrogen functional groups attached to an aromatic ring is 1. The number of hydrogen-bond donors (Lipinski definition) is 3. The summed E-state index contributed by atoms with van der Waals surface area (Å²) >= 11 is 0. The average Bonchev–Trinajstić information content (AvgIpc) is 3.15. The molecule has 0 saturated carbocycles. The molecule has 3 aromatic heterocycles. The zero-order valence-electron chi connectivity index (χ0n) is 11.9. The smallest absolute Gasteiger partial charge is 0.162 e. The Balaban J connectivity index is 1.63. The second kappa shape index (κ2) is 4.77. The molecule has 0 spiro atoms. The summed E-state index contributed by atoms with van der Waals surface area (Å²) in [6.07, 6.45) is 5.39. The Morgan fingerprint density at radius 3 is 3.27 bits per heavy atom. The number of hydrogen-bond acceptors (Lipinski definition) is 5. The lowest BCUT2D eigenvalue weighted by Crippen LogP contribution is -2.32. The summed E-state index contributed by atoms with van der Waals surface area (Å²) in [7, 11) is 0. The van der Waals surface area contributed by atoms with Gasteiger partial charge in [-0.15, -0.1) is 0 Å². The molecule has 0 aliphatic carbocycles. The molecule has 110 valence electrons. The van der Waals surface area contributed by atoms with Crippen molar-refractivity contribution in [1.29, 1.82) is 5.26 Å². The van der Waals surface area contributed by atoms with Crippen molar-refractivity contribution in [2.24, 2.45) is 0 Å². The fraction of sp³-hybridized carbons (Fsp3) is 0.267. The summed E-state index contributed by atoms with van der Waals surface area (Å²) in [5.41, 5.74) is 10.0. The van der Waals surface area contributed by atoms with Gasteiger partial charge in [0.1, 0.15) is 11.7 Å². The number of rotatable bonds is 2. The molecule has 7 nitrogen and oxygen atoms in total. The van der Waals surface area contributed by atoms with Gasteiger partial charge >= 0.3 is 0 Å². The van der Waals surface area contributed by atoms with E-state index in [9.17, 15) is 0 Å². The number of nitrogens with one attached hydrogen (secondary N) is 2. The van der Waals surface area contributed by atoms with Gasteiger partial charge in [0, 0.05) is 23.3 Å². The number of nitrogens with two attached hydrogens (primary N) is 1. The molecular weight excluding hydrogens is 278 g/mol. The minimum absolute atomic E-state index is 0.224. The van der Waals surface area contributed by atoms with E-state index in [1.807, 2.05) is 23.0 Å². The SMILES string of the molecule is N#Cc1cc2n(n1)C[C@H](Nc1c(N)cnc3[nH]ccc13)CC2. The Morgan fingerprint density at radius 2 is 2.41 bits per heavy atom. The lowest BCUT2D eigenvalue weighted by molar-refractivity contribution is 0.447. The standard InChI is InChI=1S/C15H15N7/c16-6-10-5-11-2-1-9(8-22(11)21-10)20-14-12-3-4-18-15(12)19-7-13(14)17/h3-5,7,9H,1-2,8,17H2,(H2,18,19,20)/t9-/m1/s1. The molecule has 4 heterocycles. The van der Waals surface area contributed by atoms with Crippen molar-refractivity contribution in [2.45, 2.75) is 25.4 Å². The number of pyridine rings is 1. The lowest BCUT2D eigenvalue weighted by Gasteiger charge is -2.26. The number of H-pyrrole nitrogens is 1. The Bertz CT molecular complexity index is 883. The highest BCUT2D eigenvalue weighted by molar-refractivity contribution is 5.95. The van der Waals surface area contributed by atoms with Gasteiger partial charge in [0.05, 0.1) is 24.1 Å². The molecule has 0 amide bonds. The van der Waals surface area contributed by atoms with Crippen LogP contribution in [0.1, 0.15) is 17.8 Å². The highest BCUT2D eigenvalue weighted by atomic mass is 15.3. The maximum absolute atomic E-state index is 8.95. The third kappa shape index (κ3) is 1.97. The average molecular weight is 293 g/mol. The van der Waals surface area contributed by atoms with E-state index < -0.39 is 0 Å². The quantitative estimate of drug-likeness (QED) is 0.665. The number of aromatic nitrogens is 4. The molecule has 22 heavy (non-hydrogen) atoms. The molecule has 7 heteroatoms. The monoisotopic (exact) mass is 293 g/mol. The van der Waals surface area contributed by atoms with E-state index in [4.69, 9.17) is 11.0 Å². The Labute approximate surface area is 126 Å². The Hall–Kier alpha value is -3.01. The van der Waals surface area contributed by atoms with Gasteiger partial charge in [-0.3, -0.25) is 4.68 Å². The molecule has 4 rings (SSSR count). The van der Waals surface area contributed by atoms with Crippen LogP contribution >= 0.6 is 0 Å². The molecular formula is C15H15N7. The first-order valence-electron chi connectivity index (χ1n) is 7.19. The zero-order chi connectivity index (χ0) is 15.1. The number of anilines is 2. The van der Waals surface area contributed by atoms with Crippen LogP contribution in [0.5, 0.6) is 0 Å². The first-order chi connectivity index (χ1) is 10.7. The second-order valence-electron chi connectivity index (χ2n) is 5.52. The van der Waals surface area contributed by atoms with Gasteiger partial charge < -0.3 is 16.0 Å². The van der Waals surface area contributed by atoms with Gasteiger partial charge in [0.25, 0.3) is 0 Å². The van der Waals surface area contributed by atoms with Gasteiger partial charge in [-0.25, -0.2) is 4.98 Å². The summed E-state index contributed by atoms with van der Waals surface area (Å²) in [6.45, 7) is 0.727. The van der Waals surface area contributed by atoms with Gasteiger partial charge in [0.2, 0.25) is 0 Å². The maximum Gasteiger partial charge on any atom is 0.162 e. The minimum atomic E-state index is 0.224. The van der Waals surface area contributed by atoms with E-state index in [0.29, 0.717) is 11.4 Å². The molecule has 0 aromatic carbocycles. The summed E-state index contributed by atoms with van der Waals surface area (Å²) in [5.74, 6) is 0. The number of aryl methyl sites for hydroxylation is 1. The van der Waals surface area contributed by atoms with E-state index in [1.165, 1.54) is 0 Å². The molecule has 4 N–H and O–H groups in total.